The lowest BCUT2D eigenvalue weighted by atomic mass is 9.87. The first-order valence-electron chi connectivity index (χ1n) is 9.41. The molecule has 142 valence electrons. The summed E-state index contributed by atoms with van der Waals surface area (Å²) in [7, 11) is 0. The van der Waals surface area contributed by atoms with Crippen LogP contribution in [-0.4, -0.2) is 41.1 Å². The van der Waals surface area contributed by atoms with Gasteiger partial charge in [-0.05, 0) is 55.0 Å². The molecule has 0 fully saturated rings. The molecule has 1 aliphatic rings. The Labute approximate surface area is 159 Å². The molecular formula is C22H25NO4. The Morgan fingerprint density at radius 3 is 2.67 bits per heavy atom. The number of hydrogen-bond acceptors (Lipinski definition) is 3. The number of benzene rings is 2. The van der Waals surface area contributed by atoms with Crippen LogP contribution in [0.2, 0.25) is 0 Å². The molecule has 1 unspecified atom stereocenters. The number of rotatable bonds is 7. The fourth-order valence-corrected chi connectivity index (χ4v) is 3.67. The standard InChI is InChI=1S/C22H25NO4/c1-2-12-23(19-11-10-16-6-3-4-7-17(16)13-19)22(26)18-8-5-9-20(14-18)27-15-21(24)25/h3-9,14,19H,2,10-13,15H2,1H3,(H,24,25). The summed E-state index contributed by atoms with van der Waals surface area (Å²) in [6, 6.07) is 15.4. The lowest BCUT2D eigenvalue weighted by Gasteiger charge is -2.35. The number of fused-ring (bicyclic) bond motifs is 1. The third-order valence-corrected chi connectivity index (χ3v) is 4.93. The van der Waals surface area contributed by atoms with Crippen molar-refractivity contribution < 1.29 is 19.4 Å². The Kier molecular flexibility index (Phi) is 6.12. The molecule has 5 nitrogen and oxygen atoms in total. The largest absolute Gasteiger partial charge is 0.482 e. The quantitative estimate of drug-likeness (QED) is 0.813. The van der Waals surface area contributed by atoms with Crippen LogP contribution in [0.25, 0.3) is 0 Å². The molecule has 0 spiro atoms. The fourth-order valence-electron chi connectivity index (χ4n) is 3.67. The monoisotopic (exact) mass is 367 g/mol. The fraction of sp³-hybridized carbons (Fsp3) is 0.364. The Bertz CT molecular complexity index is 817. The van der Waals surface area contributed by atoms with E-state index >= 15 is 0 Å². The topological polar surface area (TPSA) is 66.8 Å². The minimum absolute atomic E-state index is 0.0259. The highest BCUT2D eigenvalue weighted by molar-refractivity contribution is 5.95. The summed E-state index contributed by atoms with van der Waals surface area (Å²) in [5, 5.41) is 8.76. The molecule has 0 saturated carbocycles. The molecule has 5 heteroatoms. The number of hydrogen-bond donors (Lipinski definition) is 1. The van der Waals surface area contributed by atoms with Crippen molar-refractivity contribution in [1.82, 2.24) is 4.90 Å². The van der Waals surface area contributed by atoms with Crippen LogP contribution >= 0.6 is 0 Å². The van der Waals surface area contributed by atoms with Gasteiger partial charge < -0.3 is 14.7 Å². The molecule has 0 radical (unpaired) electrons. The maximum absolute atomic E-state index is 13.2. The van der Waals surface area contributed by atoms with E-state index in [0.717, 1.165) is 25.7 Å². The number of carbonyl (C=O) groups is 2. The van der Waals surface area contributed by atoms with Gasteiger partial charge in [0.15, 0.2) is 6.61 Å². The average Bonchev–Trinajstić information content (AvgIpc) is 2.70. The van der Waals surface area contributed by atoms with Crippen molar-refractivity contribution in [2.45, 2.75) is 38.6 Å². The number of aryl methyl sites for hydroxylation is 1. The van der Waals surface area contributed by atoms with Gasteiger partial charge in [0.05, 0.1) is 0 Å². The molecule has 3 rings (SSSR count). The van der Waals surface area contributed by atoms with Gasteiger partial charge in [0.2, 0.25) is 0 Å². The van der Waals surface area contributed by atoms with Crippen LogP contribution in [-0.2, 0) is 17.6 Å². The van der Waals surface area contributed by atoms with Crippen molar-refractivity contribution in [2.24, 2.45) is 0 Å². The van der Waals surface area contributed by atoms with Crippen LogP contribution in [0.5, 0.6) is 5.75 Å². The zero-order valence-electron chi connectivity index (χ0n) is 15.6. The zero-order chi connectivity index (χ0) is 19.2. The summed E-state index contributed by atoms with van der Waals surface area (Å²) in [5.74, 6) is -0.670. The maximum atomic E-state index is 13.2. The van der Waals surface area contributed by atoms with Crippen molar-refractivity contribution in [3.63, 3.8) is 0 Å². The van der Waals surface area contributed by atoms with E-state index in [9.17, 15) is 9.59 Å². The van der Waals surface area contributed by atoms with Gasteiger partial charge in [-0.3, -0.25) is 4.79 Å². The Balaban J connectivity index is 1.78. The van der Waals surface area contributed by atoms with Gasteiger partial charge in [0.1, 0.15) is 5.75 Å². The van der Waals surface area contributed by atoms with Gasteiger partial charge in [-0.25, -0.2) is 4.79 Å². The summed E-state index contributed by atoms with van der Waals surface area (Å²) < 4.78 is 5.22. The minimum Gasteiger partial charge on any atom is -0.482 e. The van der Waals surface area contributed by atoms with Gasteiger partial charge in [-0.2, -0.15) is 0 Å². The highest BCUT2D eigenvalue weighted by Gasteiger charge is 2.28. The predicted octanol–water partition coefficient (Wildman–Crippen LogP) is 3.56. The van der Waals surface area contributed by atoms with Gasteiger partial charge >= 0.3 is 5.97 Å². The van der Waals surface area contributed by atoms with E-state index in [-0.39, 0.29) is 11.9 Å². The van der Waals surface area contributed by atoms with Crippen LogP contribution < -0.4 is 4.74 Å². The lowest BCUT2D eigenvalue weighted by Crippen LogP contribution is -2.43. The second-order valence-electron chi connectivity index (χ2n) is 6.87. The third kappa shape index (κ3) is 4.67. The van der Waals surface area contributed by atoms with E-state index in [4.69, 9.17) is 9.84 Å². The van der Waals surface area contributed by atoms with E-state index in [0.29, 0.717) is 17.9 Å². The van der Waals surface area contributed by atoms with E-state index in [2.05, 4.69) is 31.2 Å². The Morgan fingerprint density at radius 2 is 1.93 bits per heavy atom. The van der Waals surface area contributed by atoms with Crippen LogP contribution in [0, 0.1) is 0 Å². The molecule has 1 amide bonds. The number of amides is 1. The van der Waals surface area contributed by atoms with E-state index in [1.54, 1.807) is 24.3 Å². The SMILES string of the molecule is CCCN(C(=O)c1cccc(OCC(=O)O)c1)C1CCc2ccccc2C1. The van der Waals surface area contributed by atoms with Gasteiger partial charge in [0, 0.05) is 18.2 Å². The number of carboxylic acid groups (broad SMARTS) is 1. The van der Waals surface area contributed by atoms with E-state index in [1.807, 2.05) is 4.90 Å². The highest BCUT2D eigenvalue weighted by atomic mass is 16.5. The summed E-state index contributed by atoms with van der Waals surface area (Å²) in [4.78, 5) is 25.8. The zero-order valence-corrected chi connectivity index (χ0v) is 15.6. The Hall–Kier alpha value is -2.82. The highest BCUT2D eigenvalue weighted by Crippen LogP contribution is 2.26. The molecule has 27 heavy (non-hydrogen) atoms. The first kappa shape index (κ1) is 19.0. The molecular weight excluding hydrogens is 342 g/mol. The average molecular weight is 367 g/mol. The summed E-state index contributed by atoms with van der Waals surface area (Å²) in [6.45, 7) is 2.35. The molecule has 0 saturated heterocycles. The lowest BCUT2D eigenvalue weighted by molar-refractivity contribution is -0.139. The predicted molar refractivity (Wildman–Crippen MR) is 103 cm³/mol. The molecule has 1 N–H and O–H groups in total. The second-order valence-corrected chi connectivity index (χ2v) is 6.87. The van der Waals surface area contributed by atoms with Crippen molar-refractivity contribution in [1.29, 1.82) is 0 Å². The number of ether oxygens (including phenoxy) is 1. The Morgan fingerprint density at radius 1 is 1.15 bits per heavy atom. The van der Waals surface area contributed by atoms with Crippen LogP contribution in [0.1, 0.15) is 41.3 Å². The number of carbonyl (C=O) groups excluding carboxylic acids is 1. The minimum atomic E-state index is -1.04. The third-order valence-electron chi connectivity index (χ3n) is 4.93. The summed E-state index contributed by atoms with van der Waals surface area (Å²) in [6.07, 6.45) is 3.70. The molecule has 0 aliphatic heterocycles. The molecule has 2 aromatic carbocycles. The molecule has 2 aromatic rings. The first-order chi connectivity index (χ1) is 13.1. The first-order valence-corrected chi connectivity index (χ1v) is 9.41. The van der Waals surface area contributed by atoms with E-state index < -0.39 is 12.6 Å². The maximum Gasteiger partial charge on any atom is 0.341 e. The number of nitrogens with zero attached hydrogens (tertiary/aromatic N) is 1. The number of carboxylic acids is 1. The summed E-state index contributed by atoms with van der Waals surface area (Å²) in [5.41, 5.74) is 3.23. The number of aliphatic carboxylic acids is 1. The molecule has 1 atom stereocenters. The van der Waals surface area contributed by atoms with Crippen molar-refractivity contribution in [3.8, 4) is 5.75 Å². The smallest absolute Gasteiger partial charge is 0.341 e. The van der Waals surface area contributed by atoms with Crippen LogP contribution in [0.4, 0.5) is 0 Å². The molecule has 0 bridgehead atoms. The molecule has 1 aliphatic carbocycles. The van der Waals surface area contributed by atoms with Crippen molar-refractivity contribution in [3.05, 3.63) is 65.2 Å². The summed E-state index contributed by atoms with van der Waals surface area (Å²) >= 11 is 0. The van der Waals surface area contributed by atoms with Crippen molar-refractivity contribution in [2.75, 3.05) is 13.2 Å². The van der Waals surface area contributed by atoms with Crippen molar-refractivity contribution >= 4 is 11.9 Å². The van der Waals surface area contributed by atoms with Crippen LogP contribution in [0.3, 0.4) is 0 Å². The molecule has 0 heterocycles. The van der Waals surface area contributed by atoms with Crippen LogP contribution in [0.15, 0.2) is 48.5 Å². The van der Waals surface area contributed by atoms with E-state index in [1.165, 1.54) is 11.1 Å². The van der Waals surface area contributed by atoms with Gasteiger partial charge in [-0.15, -0.1) is 0 Å². The molecule has 0 aromatic heterocycles. The van der Waals surface area contributed by atoms with Gasteiger partial charge in [0.25, 0.3) is 5.91 Å². The second kappa shape index (κ2) is 8.71. The normalized spacial score (nSPS) is 15.7. The van der Waals surface area contributed by atoms with Gasteiger partial charge in [-0.1, -0.05) is 37.3 Å².